The first-order valence-electron chi connectivity index (χ1n) is 6.57. The molecule has 0 atom stereocenters. The number of nitrogens with two attached hydrogens (primary N) is 1. The molecule has 0 saturated carbocycles. The molecule has 3 N–H and O–H groups in total. The van der Waals surface area contributed by atoms with Crippen LogP contribution in [0.5, 0.6) is 11.5 Å². The lowest BCUT2D eigenvalue weighted by Gasteiger charge is -2.12. The molecule has 2 rings (SSSR count). The van der Waals surface area contributed by atoms with Crippen molar-refractivity contribution in [2.45, 2.75) is 19.8 Å². The van der Waals surface area contributed by atoms with E-state index in [0.717, 1.165) is 0 Å². The Morgan fingerprint density at radius 3 is 2.43 bits per heavy atom. The molecule has 0 bridgehead atoms. The minimum atomic E-state index is -0.0885. The maximum atomic E-state index is 8.85. The van der Waals surface area contributed by atoms with Crippen LogP contribution in [0.2, 0.25) is 5.02 Å². The first kappa shape index (κ1) is 15.2. The van der Waals surface area contributed by atoms with Crippen LogP contribution in [-0.4, -0.2) is 11.0 Å². The van der Waals surface area contributed by atoms with Crippen LogP contribution in [0.25, 0.3) is 0 Å². The van der Waals surface area contributed by atoms with Crippen LogP contribution in [-0.2, 0) is 0 Å². The van der Waals surface area contributed by atoms with Crippen molar-refractivity contribution < 1.29 is 9.94 Å². The summed E-state index contributed by atoms with van der Waals surface area (Å²) in [6, 6.07) is 12.9. The largest absolute Gasteiger partial charge is 0.457 e. The molecule has 0 fully saturated rings. The Labute approximate surface area is 128 Å². The fourth-order valence-corrected chi connectivity index (χ4v) is 2.20. The molecule has 0 aliphatic heterocycles. The lowest BCUT2D eigenvalue weighted by atomic mass is 10.0. The lowest BCUT2D eigenvalue weighted by Crippen LogP contribution is -2.14. The molecule has 0 unspecified atom stereocenters. The van der Waals surface area contributed by atoms with Gasteiger partial charge < -0.3 is 15.7 Å². The van der Waals surface area contributed by atoms with E-state index in [2.05, 4.69) is 19.0 Å². The van der Waals surface area contributed by atoms with Crippen LogP contribution in [0.15, 0.2) is 47.6 Å². The average molecular weight is 305 g/mol. The van der Waals surface area contributed by atoms with Gasteiger partial charge in [-0.1, -0.05) is 48.8 Å². The lowest BCUT2D eigenvalue weighted by molar-refractivity contribution is 0.318. The van der Waals surface area contributed by atoms with Gasteiger partial charge in [-0.2, -0.15) is 0 Å². The molecule has 21 heavy (non-hydrogen) atoms. The van der Waals surface area contributed by atoms with E-state index in [0.29, 0.717) is 28.0 Å². The fourth-order valence-electron chi connectivity index (χ4n) is 1.94. The Hall–Kier alpha value is -2.20. The van der Waals surface area contributed by atoms with E-state index in [1.807, 2.05) is 24.3 Å². The van der Waals surface area contributed by atoms with Gasteiger partial charge in [-0.15, -0.1) is 0 Å². The first-order valence-corrected chi connectivity index (χ1v) is 6.95. The first-order chi connectivity index (χ1) is 10.0. The van der Waals surface area contributed by atoms with Crippen molar-refractivity contribution in [2.75, 3.05) is 0 Å². The zero-order chi connectivity index (χ0) is 15.4. The van der Waals surface area contributed by atoms with Crippen LogP contribution in [0.4, 0.5) is 0 Å². The van der Waals surface area contributed by atoms with Gasteiger partial charge in [-0.3, -0.25) is 0 Å². The van der Waals surface area contributed by atoms with E-state index in [1.54, 1.807) is 18.2 Å². The highest BCUT2D eigenvalue weighted by Crippen LogP contribution is 2.31. The van der Waals surface area contributed by atoms with Gasteiger partial charge in [0.1, 0.15) is 11.5 Å². The van der Waals surface area contributed by atoms with Crippen LogP contribution < -0.4 is 10.5 Å². The molecule has 5 heteroatoms. The Morgan fingerprint density at radius 2 is 1.86 bits per heavy atom. The molecule has 0 amide bonds. The standard InChI is InChI=1S/C16H17ClN2O2/c1-10(2)11-6-8-12(9-7-11)21-14-5-3-4-13(17)15(14)16(18)19-20/h3-10,20H,1-2H3,(H2,18,19). The van der Waals surface area contributed by atoms with Gasteiger partial charge >= 0.3 is 0 Å². The van der Waals surface area contributed by atoms with Gasteiger partial charge in [-0.05, 0) is 35.7 Å². The van der Waals surface area contributed by atoms with Gasteiger partial charge in [0.2, 0.25) is 0 Å². The predicted molar refractivity (Wildman–Crippen MR) is 84.6 cm³/mol. The quantitative estimate of drug-likeness (QED) is 0.382. The van der Waals surface area contributed by atoms with Crippen molar-refractivity contribution in [1.82, 2.24) is 0 Å². The number of rotatable bonds is 4. The molecular weight excluding hydrogens is 288 g/mol. The summed E-state index contributed by atoms with van der Waals surface area (Å²) >= 11 is 6.08. The summed E-state index contributed by atoms with van der Waals surface area (Å²) in [5.41, 5.74) is 7.25. The fraction of sp³-hybridized carbons (Fsp3) is 0.188. The number of amidine groups is 1. The third-order valence-corrected chi connectivity index (χ3v) is 3.43. The number of hydrogen-bond donors (Lipinski definition) is 2. The second kappa shape index (κ2) is 6.50. The number of benzene rings is 2. The normalized spacial score (nSPS) is 11.7. The van der Waals surface area contributed by atoms with Gasteiger partial charge in [0.05, 0.1) is 10.6 Å². The second-order valence-corrected chi connectivity index (χ2v) is 5.33. The van der Waals surface area contributed by atoms with Crippen molar-refractivity contribution >= 4 is 17.4 Å². The molecule has 0 heterocycles. The van der Waals surface area contributed by atoms with Gasteiger partial charge in [0.25, 0.3) is 0 Å². The zero-order valence-corrected chi connectivity index (χ0v) is 12.6. The maximum absolute atomic E-state index is 8.85. The minimum Gasteiger partial charge on any atom is -0.457 e. The summed E-state index contributed by atoms with van der Waals surface area (Å²) in [6.07, 6.45) is 0. The molecule has 0 aliphatic rings. The molecule has 0 saturated heterocycles. The second-order valence-electron chi connectivity index (χ2n) is 4.92. The van der Waals surface area contributed by atoms with Crippen molar-refractivity contribution in [1.29, 1.82) is 0 Å². The van der Waals surface area contributed by atoms with E-state index < -0.39 is 0 Å². The third-order valence-electron chi connectivity index (χ3n) is 3.11. The van der Waals surface area contributed by atoms with E-state index in [-0.39, 0.29) is 5.84 Å². The van der Waals surface area contributed by atoms with E-state index >= 15 is 0 Å². The summed E-state index contributed by atoms with van der Waals surface area (Å²) in [5, 5.41) is 12.2. The Kier molecular flexibility index (Phi) is 4.70. The average Bonchev–Trinajstić information content (AvgIpc) is 2.47. The number of nitrogens with zero attached hydrogens (tertiary/aromatic N) is 1. The summed E-state index contributed by atoms with van der Waals surface area (Å²) < 4.78 is 5.79. The Morgan fingerprint density at radius 1 is 1.19 bits per heavy atom. The maximum Gasteiger partial charge on any atom is 0.175 e. The van der Waals surface area contributed by atoms with Crippen LogP contribution >= 0.6 is 11.6 Å². The molecular formula is C16H17ClN2O2. The summed E-state index contributed by atoms with van der Waals surface area (Å²) in [7, 11) is 0. The van der Waals surface area contributed by atoms with Crippen LogP contribution in [0.3, 0.4) is 0 Å². The summed E-state index contributed by atoms with van der Waals surface area (Å²) in [6.45, 7) is 4.26. The molecule has 2 aromatic rings. The highest BCUT2D eigenvalue weighted by atomic mass is 35.5. The van der Waals surface area contributed by atoms with Crippen molar-refractivity contribution in [3.63, 3.8) is 0 Å². The van der Waals surface area contributed by atoms with Crippen molar-refractivity contribution in [2.24, 2.45) is 10.9 Å². The zero-order valence-electron chi connectivity index (χ0n) is 11.9. The van der Waals surface area contributed by atoms with Crippen LogP contribution in [0.1, 0.15) is 30.9 Å². The third kappa shape index (κ3) is 3.47. The summed E-state index contributed by atoms with van der Waals surface area (Å²) in [5.74, 6) is 1.47. The highest BCUT2D eigenvalue weighted by molar-refractivity contribution is 6.34. The molecule has 0 aromatic heterocycles. The van der Waals surface area contributed by atoms with Gasteiger partial charge in [0.15, 0.2) is 5.84 Å². The van der Waals surface area contributed by atoms with E-state index in [1.165, 1.54) is 5.56 Å². The Balaban J connectivity index is 2.33. The number of oxime groups is 1. The highest BCUT2D eigenvalue weighted by Gasteiger charge is 2.13. The smallest absolute Gasteiger partial charge is 0.175 e. The SMILES string of the molecule is CC(C)c1ccc(Oc2cccc(Cl)c2C(N)=NO)cc1. The number of ether oxygens (including phenoxy) is 1. The Bertz CT molecular complexity index is 652. The minimum absolute atomic E-state index is 0.0885. The van der Waals surface area contributed by atoms with E-state index in [9.17, 15) is 0 Å². The van der Waals surface area contributed by atoms with E-state index in [4.69, 9.17) is 27.3 Å². The number of hydrogen-bond acceptors (Lipinski definition) is 3. The molecule has 110 valence electrons. The number of halogens is 1. The van der Waals surface area contributed by atoms with Crippen molar-refractivity contribution in [3.05, 3.63) is 58.6 Å². The van der Waals surface area contributed by atoms with Crippen LogP contribution in [0, 0.1) is 0 Å². The van der Waals surface area contributed by atoms with Gasteiger partial charge in [0, 0.05) is 0 Å². The summed E-state index contributed by atoms with van der Waals surface area (Å²) in [4.78, 5) is 0. The molecule has 4 nitrogen and oxygen atoms in total. The monoisotopic (exact) mass is 304 g/mol. The van der Waals surface area contributed by atoms with Gasteiger partial charge in [-0.25, -0.2) is 0 Å². The molecule has 0 radical (unpaired) electrons. The molecule has 0 aliphatic carbocycles. The molecule has 0 spiro atoms. The topological polar surface area (TPSA) is 67.8 Å². The predicted octanol–water partition coefficient (Wildman–Crippen LogP) is 4.35. The molecule has 2 aromatic carbocycles. The van der Waals surface area contributed by atoms with Crippen molar-refractivity contribution in [3.8, 4) is 11.5 Å².